The van der Waals surface area contributed by atoms with Crippen LogP contribution in [0.4, 0.5) is 0 Å². The molecule has 2 saturated carbocycles. The Bertz CT molecular complexity index is 993. The quantitative estimate of drug-likeness (QED) is 0.325. The van der Waals surface area contributed by atoms with Crippen LogP contribution in [0.2, 0.25) is 0 Å². The molecule has 1 heterocycles. The Kier molecular flexibility index (Phi) is 6.50. The van der Waals surface area contributed by atoms with Gasteiger partial charge in [-0.15, -0.1) is 0 Å². The van der Waals surface area contributed by atoms with E-state index in [2.05, 4.69) is 54.5 Å². The van der Waals surface area contributed by atoms with E-state index in [0.717, 1.165) is 51.4 Å². The van der Waals surface area contributed by atoms with Gasteiger partial charge in [-0.05, 0) is 85.9 Å². The zero-order valence-corrected chi connectivity index (χ0v) is 23.6. The molecular weight excluding hydrogens is 450 g/mol. The monoisotopic (exact) mass is 497 g/mol. The molecule has 0 amide bonds. The summed E-state index contributed by atoms with van der Waals surface area (Å²) in [6.07, 6.45) is 9.65. The van der Waals surface area contributed by atoms with Crippen LogP contribution < -0.4 is 0 Å². The minimum Gasteiger partial charge on any atom is -0.511 e. The summed E-state index contributed by atoms with van der Waals surface area (Å²) in [5.74, 6) is 0.286. The van der Waals surface area contributed by atoms with Gasteiger partial charge in [-0.3, -0.25) is 4.79 Å². The number of cyclic esters (lactones) is 1. The number of carbonyl (C=O) groups is 2. The smallest absolute Gasteiger partial charge is 0.306 e. The Morgan fingerprint density at radius 2 is 1.64 bits per heavy atom. The summed E-state index contributed by atoms with van der Waals surface area (Å²) >= 11 is 0. The van der Waals surface area contributed by atoms with Gasteiger partial charge in [-0.1, -0.05) is 48.5 Å². The van der Waals surface area contributed by atoms with Crippen molar-refractivity contribution in [2.24, 2.45) is 44.3 Å². The Morgan fingerprint density at radius 1 is 1.00 bits per heavy atom. The summed E-state index contributed by atoms with van der Waals surface area (Å²) in [5.41, 5.74) is -0.765. The van der Waals surface area contributed by atoms with Crippen LogP contribution in [0.5, 0.6) is 0 Å². The van der Waals surface area contributed by atoms with Crippen LogP contribution in [0.1, 0.15) is 113 Å². The van der Waals surface area contributed by atoms with E-state index < -0.39 is 5.41 Å². The first kappa shape index (κ1) is 27.2. The van der Waals surface area contributed by atoms with Crippen molar-refractivity contribution in [3.63, 3.8) is 0 Å². The number of ether oxygens (including phenoxy) is 1. The molecule has 3 aliphatic carbocycles. The maximum atomic E-state index is 13.1. The number of aliphatic hydroxyl groups is 1. The molecule has 4 rings (SSSR count). The number of fused-ring (bicyclic) bond motifs is 3. The maximum Gasteiger partial charge on any atom is 0.306 e. The standard InChI is InChI=1S/C31H47NO4/c1-26(2)10-13-31(19-33,14-11-26)15-12-28(5)20-36-24(34)16-23-29(6)17-21(18-32)25(35)27(3,4)22(29)8-9-30(23,28)7/h19,22-23,35H,8-17,20H2,1-7H3/t22-,23+,28+,29-,30+/m0/s1. The number of hydrogen-bond acceptors (Lipinski definition) is 5. The van der Waals surface area contributed by atoms with Gasteiger partial charge in [0.05, 0.1) is 18.2 Å². The first-order valence-corrected chi connectivity index (χ1v) is 14.0. The topological polar surface area (TPSA) is 87.4 Å². The van der Waals surface area contributed by atoms with E-state index in [1.54, 1.807) is 0 Å². The summed E-state index contributed by atoms with van der Waals surface area (Å²) in [6.45, 7) is 16.0. The number of rotatable bonds is 4. The molecule has 0 spiro atoms. The van der Waals surface area contributed by atoms with Crippen LogP contribution in [0, 0.1) is 55.7 Å². The molecule has 36 heavy (non-hydrogen) atoms. The first-order chi connectivity index (χ1) is 16.6. The van der Waals surface area contributed by atoms with Crippen molar-refractivity contribution in [2.45, 2.75) is 113 Å². The van der Waals surface area contributed by atoms with E-state index in [1.807, 2.05) is 0 Å². The zero-order valence-electron chi connectivity index (χ0n) is 23.6. The van der Waals surface area contributed by atoms with Crippen molar-refractivity contribution in [2.75, 3.05) is 6.61 Å². The number of allylic oxidation sites excluding steroid dienone is 2. The number of nitrogens with zero attached hydrogens (tertiary/aromatic N) is 1. The van der Waals surface area contributed by atoms with Gasteiger partial charge < -0.3 is 14.6 Å². The lowest BCUT2D eigenvalue weighted by molar-refractivity contribution is -0.158. The zero-order chi connectivity index (χ0) is 26.8. The average molecular weight is 498 g/mol. The van der Waals surface area contributed by atoms with E-state index in [0.29, 0.717) is 30.4 Å². The normalized spacial score (nSPS) is 41.2. The van der Waals surface area contributed by atoms with Gasteiger partial charge in [-0.2, -0.15) is 5.26 Å². The molecule has 4 aliphatic rings. The van der Waals surface area contributed by atoms with Crippen molar-refractivity contribution >= 4 is 12.3 Å². The van der Waals surface area contributed by atoms with E-state index in [4.69, 9.17) is 4.74 Å². The second-order valence-corrected chi connectivity index (χ2v) is 15.0. The van der Waals surface area contributed by atoms with Crippen LogP contribution in [0.15, 0.2) is 11.3 Å². The molecule has 1 aliphatic heterocycles. The van der Waals surface area contributed by atoms with E-state index in [1.165, 1.54) is 6.29 Å². The number of esters is 1. The molecule has 200 valence electrons. The summed E-state index contributed by atoms with van der Waals surface area (Å²) in [5, 5.41) is 20.9. The molecule has 5 nitrogen and oxygen atoms in total. The van der Waals surface area contributed by atoms with E-state index >= 15 is 0 Å². The second-order valence-electron chi connectivity index (χ2n) is 15.0. The molecule has 0 bridgehead atoms. The predicted molar refractivity (Wildman–Crippen MR) is 140 cm³/mol. The fraction of sp³-hybridized carbons (Fsp3) is 0.839. The van der Waals surface area contributed by atoms with Gasteiger partial charge in [0.1, 0.15) is 12.0 Å². The van der Waals surface area contributed by atoms with Crippen LogP contribution >= 0.6 is 0 Å². The molecule has 5 heteroatoms. The summed E-state index contributed by atoms with van der Waals surface area (Å²) in [7, 11) is 0. The Labute approximate surface area is 218 Å². The lowest BCUT2D eigenvalue weighted by Crippen LogP contribution is -2.59. The third kappa shape index (κ3) is 4.02. The first-order valence-electron chi connectivity index (χ1n) is 14.0. The molecule has 1 saturated heterocycles. The summed E-state index contributed by atoms with van der Waals surface area (Å²) in [4.78, 5) is 25.5. The molecule has 1 N–H and O–H groups in total. The molecular formula is C31H47NO4. The number of nitriles is 1. The van der Waals surface area contributed by atoms with Gasteiger partial charge in [0.2, 0.25) is 0 Å². The lowest BCUT2D eigenvalue weighted by Gasteiger charge is -2.64. The Hall–Kier alpha value is -1.83. The van der Waals surface area contributed by atoms with Gasteiger partial charge >= 0.3 is 5.97 Å². The number of hydrogen-bond donors (Lipinski definition) is 1. The lowest BCUT2D eigenvalue weighted by atomic mass is 9.39. The van der Waals surface area contributed by atoms with Crippen LogP contribution in [-0.2, 0) is 14.3 Å². The third-order valence-corrected chi connectivity index (χ3v) is 12.1. The number of carbonyl (C=O) groups excluding carboxylic acids is 2. The van der Waals surface area contributed by atoms with Crippen molar-refractivity contribution in [3.8, 4) is 6.07 Å². The molecule has 0 radical (unpaired) electrons. The SMILES string of the molecule is CC1(C)CCC(C=O)(CC[C@]2(C)COC(=O)C[C@@H]3[C@@]4(C)CC(C#N)=C(O)C(C)(C)[C@@H]4CC[C@]32C)CC1. The highest BCUT2D eigenvalue weighted by Gasteiger charge is 2.65. The van der Waals surface area contributed by atoms with Crippen LogP contribution in [-0.4, -0.2) is 24.0 Å². The van der Waals surface area contributed by atoms with Gasteiger partial charge in [0.15, 0.2) is 0 Å². The molecule has 0 unspecified atom stereocenters. The molecule has 0 aromatic heterocycles. The van der Waals surface area contributed by atoms with Crippen LogP contribution in [0.3, 0.4) is 0 Å². The van der Waals surface area contributed by atoms with Gasteiger partial charge in [0.25, 0.3) is 0 Å². The van der Waals surface area contributed by atoms with Crippen molar-refractivity contribution in [1.82, 2.24) is 0 Å². The highest BCUT2D eigenvalue weighted by Crippen LogP contribution is 2.70. The van der Waals surface area contributed by atoms with Crippen LogP contribution in [0.25, 0.3) is 0 Å². The largest absolute Gasteiger partial charge is 0.511 e. The third-order valence-electron chi connectivity index (χ3n) is 12.1. The number of aliphatic hydroxyl groups excluding tert-OH is 1. The summed E-state index contributed by atoms with van der Waals surface area (Å²) < 4.78 is 5.91. The van der Waals surface area contributed by atoms with E-state index in [-0.39, 0.29) is 45.2 Å². The average Bonchev–Trinajstić information content (AvgIpc) is 2.92. The Balaban J connectivity index is 1.70. The number of aldehydes is 1. The highest BCUT2D eigenvalue weighted by atomic mass is 16.5. The van der Waals surface area contributed by atoms with Crippen molar-refractivity contribution < 1.29 is 19.4 Å². The highest BCUT2D eigenvalue weighted by molar-refractivity contribution is 5.70. The van der Waals surface area contributed by atoms with Crippen molar-refractivity contribution in [3.05, 3.63) is 11.3 Å². The molecule has 3 fully saturated rings. The molecule has 5 atom stereocenters. The fourth-order valence-corrected chi connectivity index (χ4v) is 9.01. The van der Waals surface area contributed by atoms with E-state index in [9.17, 15) is 20.0 Å². The van der Waals surface area contributed by atoms with Gasteiger partial charge in [-0.25, -0.2) is 0 Å². The Morgan fingerprint density at radius 3 is 2.22 bits per heavy atom. The summed E-state index contributed by atoms with van der Waals surface area (Å²) in [6, 6.07) is 2.29. The van der Waals surface area contributed by atoms with Gasteiger partial charge in [0, 0.05) is 22.7 Å². The molecule has 0 aromatic rings. The molecule has 0 aromatic carbocycles. The maximum absolute atomic E-state index is 13.1. The predicted octanol–water partition coefficient (Wildman–Crippen LogP) is 7.31. The second kappa shape index (κ2) is 8.60. The minimum absolute atomic E-state index is 0.0388. The van der Waals surface area contributed by atoms with Crippen molar-refractivity contribution in [1.29, 1.82) is 5.26 Å². The minimum atomic E-state index is -0.511. The fourth-order valence-electron chi connectivity index (χ4n) is 9.01.